The second kappa shape index (κ2) is 10.5. The minimum Gasteiger partial charge on any atom is -0.480 e. The minimum absolute atomic E-state index is 0.268. The first-order valence-electron chi connectivity index (χ1n) is 10.5. The van der Waals surface area contributed by atoms with Gasteiger partial charge in [0.05, 0.1) is 18.6 Å². The van der Waals surface area contributed by atoms with Crippen molar-refractivity contribution in [2.24, 2.45) is 0 Å². The van der Waals surface area contributed by atoms with Crippen molar-refractivity contribution < 1.29 is 14.2 Å². The van der Waals surface area contributed by atoms with Gasteiger partial charge in [0.2, 0.25) is 12.7 Å². The standard InChI is InChI=1S/C20H24N6O3.C2H6/c1-13-18-19(25-20(21)24-13)26(11-23-18)7-3-4-8-27-14(2)22-10-15-5-6-16-17(9-15)29-12-28-16;1-2/h5-6,9,11,22H,2-4,7-8,10,12H2,1H3,(H2,21,24,25);1-2H3. The number of nitrogens with zero attached hydrogens (tertiary/aromatic N) is 4. The molecule has 2 aromatic heterocycles. The van der Waals surface area contributed by atoms with Crippen LogP contribution in [0.4, 0.5) is 5.95 Å². The summed E-state index contributed by atoms with van der Waals surface area (Å²) in [4.78, 5) is 12.8. The smallest absolute Gasteiger partial charge is 0.231 e. The Morgan fingerprint density at radius 3 is 2.87 bits per heavy atom. The van der Waals surface area contributed by atoms with E-state index in [2.05, 4.69) is 26.8 Å². The van der Waals surface area contributed by atoms with E-state index in [1.54, 1.807) is 6.33 Å². The van der Waals surface area contributed by atoms with Gasteiger partial charge in [0, 0.05) is 13.1 Å². The number of aromatic nitrogens is 4. The van der Waals surface area contributed by atoms with Crippen LogP contribution in [-0.2, 0) is 17.8 Å². The van der Waals surface area contributed by atoms with Gasteiger partial charge in [-0.3, -0.25) is 0 Å². The Hall–Kier alpha value is -3.49. The third kappa shape index (κ3) is 5.56. The summed E-state index contributed by atoms with van der Waals surface area (Å²) in [5.74, 6) is 2.36. The molecule has 0 bridgehead atoms. The Balaban J connectivity index is 0.00000132. The molecule has 0 atom stereocenters. The quantitative estimate of drug-likeness (QED) is 0.395. The molecule has 0 aliphatic carbocycles. The van der Waals surface area contributed by atoms with Gasteiger partial charge in [-0.25, -0.2) is 9.97 Å². The van der Waals surface area contributed by atoms with E-state index in [1.807, 2.05) is 43.5 Å². The highest BCUT2D eigenvalue weighted by molar-refractivity contribution is 5.74. The maximum absolute atomic E-state index is 5.75. The van der Waals surface area contributed by atoms with Crippen molar-refractivity contribution in [3.63, 3.8) is 0 Å². The fourth-order valence-electron chi connectivity index (χ4n) is 3.15. The lowest BCUT2D eigenvalue weighted by Crippen LogP contribution is -2.15. The predicted molar refractivity (Wildman–Crippen MR) is 120 cm³/mol. The summed E-state index contributed by atoms with van der Waals surface area (Å²) in [6.45, 7) is 12.0. The molecule has 0 saturated carbocycles. The van der Waals surface area contributed by atoms with Gasteiger partial charge < -0.3 is 29.8 Å². The van der Waals surface area contributed by atoms with Crippen LogP contribution in [-0.4, -0.2) is 32.9 Å². The Morgan fingerprint density at radius 2 is 2.03 bits per heavy atom. The second-order valence-electron chi connectivity index (χ2n) is 6.80. The van der Waals surface area contributed by atoms with Crippen molar-refractivity contribution in [1.82, 2.24) is 24.8 Å². The number of unbranched alkanes of at least 4 members (excludes halogenated alkanes) is 1. The zero-order valence-corrected chi connectivity index (χ0v) is 18.4. The number of rotatable bonds is 9. The Labute approximate surface area is 182 Å². The lowest BCUT2D eigenvalue weighted by atomic mass is 10.2. The molecule has 0 saturated heterocycles. The number of benzene rings is 1. The van der Waals surface area contributed by atoms with E-state index in [0.29, 0.717) is 19.0 Å². The van der Waals surface area contributed by atoms with Crippen molar-refractivity contribution in [1.29, 1.82) is 0 Å². The van der Waals surface area contributed by atoms with Crippen LogP contribution in [0, 0.1) is 6.92 Å². The van der Waals surface area contributed by atoms with Gasteiger partial charge in [-0.2, -0.15) is 4.98 Å². The molecule has 0 radical (unpaired) electrons. The molecule has 3 heterocycles. The van der Waals surface area contributed by atoms with Gasteiger partial charge in [-0.1, -0.05) is 19.9 Å². The van der Waals surface area contributed by atoms with E-state index >= 15 is 0 Å². The van der Waals surface area contributed by atoms with Crippen LogP contribution in [0.3, 0.4) is 0 Å². The van der Waals surface area contributed by atoms with E-state index in [1.165, 1.54) is 0 Å². The van der Waals surface area contributed by atoms with Gasteiger partial charge in [0.1, 0.15) is 5.52 Å². The molecule has 0 amide bonds. The first-order chi connectivity index (χ1) is 15.1. The number of aryl methyl sites for hydroxylation is 2. The Kier molecular flexibility index (Phi) is 7.53. The Morgan fingerprint density at radius 1 is 1.23 bits per heavy atom. The normalized spacial score (nSPS) is 11.7. The zero-order valence-electron chi connectivity index (χ0n) is 18.4. The minimum atomic E-state index is 0.268. The van der Waals surface area contributed by atoms with Gasteiger partial charge in [0.15, 0.2) is 23.0 Å². The summed E-state index contributed by atoms with van der Waals surface area (Å²) in [7, 11) is 0. The van der Waals surface area contributed by atoms with Crippen LogP contribution in [0.25, 0.3) is 11.2 Å². The molecule has 9 nitrogen and oxygen atoms in total. The molecule has 3 aromatic rings. The average molecular weight is 427 g/mol. The number of nitrogens with one attached hydrogen (secondary N) is 1. The number of nitrogen functional groups attached to an aromatic ring is 1. The summed E-state index contributed by atoms with van der Waals surface area (Å²) >= 11 is 0. The highest BCUT2D eigenvalue weighted by atomic mass is 16.7. The van der Waals surface area contributed by atoms with Crippen molar-refractivity contribution in [2.45, 2.75) is 46.7 Å². The number of anilines is 1. The number of hydrogen-bond donors (Lipinski definition) is 2. The third-order valence-electron chi connectivity index (χ3n) is 4.65. The average Bonchev–Trinajstić information content (AvgIpc) is 3.40. The van der Waals surface area contributed by atoms with Crippen LogP contribution in [0.15, 0.2) is 37.0 Å². The van der Waals surface area contributed by atoms with Gasteiger partial charge in [0.25, 0.3) is 0 Å². The number of nitrogens with two attached hydrogens (primary N) is 1. The highest BCUT2D eigenvalue weighted by Crippen LogP contribution is 2.32. The number of hydrogen-bond acceptors (Lipinski definition) is 8. The van der Waals surface area contributed by atoms with Gasteiger partial charge >= 0.3 is 0 Å². The van der Waals surface area contributed by atoms with Crippen LogP contribution in [0.1, 0.15) is 37.9 Å². The second-order valence-corrected chi connectivity index (χ2v) is 6.80. The third-order valence-corrected chi connectivity index (χ3v) is 4.65. The molecule has 1 aliphatic heterocycles. The van der Waals surface area contributed by atoms with E-state index in [4.69, 9.17) is 19.9 Å². The number of fused-ring (bicyclic) bond motifs is 2. The molecule has 1 aliphatic rings. The highest BCUT2D eigenvalue weighted by Gasteiger charge is 2.13. The maximum Gasteiger partial charge on any atom is 0.231 e. The lowest BCUT2D eigenvalue weighted by molar-refractivity contribution is 0.174. The fourth-order valence-corrected chi connectivity index (χ4v) is 3.15. The molecular weight excluding hydrogens is 396 g/mol. The number of ether oxygens (including phenoxy) is 3. The summed E-state index contributed by atoms with van der Waals surface area (Å²) in [5, 5.41) is 3.17. The molecule has 9 heteroatoms. The summed E-state index contributed by atoms with van der Waals surface area (Å²) < 4.78 is 18.4. The molecule has 4 rings (SSSR count). The summed E-state index contributed by atoms with van der Waals surface area (Å²) in [5.41, 5.74) is 9.17. The van der Waals surface area contributed by atoms with Crippen LogP contribution in [0.2, 0.25) is 0 Å². The van der Waals surface area contributed by atoms with Crippen molar-refractivity contribution in [3.05, 3.63) is 48.2 Å². The molecule has 31 heavy (non-hydrogen) atoms. The van der Waals surface area contributed by atoms with Crippen molar-refractivity contribution >= 4 is 17.1 Å². The molecule has 3 N–H and O–H groups in total. The van der Waals surface area contributed by atoms with Crippen molar-refractivity contribution in [2.75, 3.05) is 19.1 Å². The topological polar surface area (TPSA) is 109 Å². The predicted octanol–water partition coefficient (Wildman–Crippen LogP) is 3.53. The SMILES string of the molecule is C=C(NCc1ccc2c(c1)OCO2)OCCCCn1cnc2c(C)nc(N)nc21.CC. The zero-order chi connectivity index (χ0) is 22.2. The lowest BCUT2D eigenvalue weighted by Gasteiger charge is -2.12. The largest absolute Gasteiger partial charge is 0.480 e. The monoisotopic (exact) mass is 426 g/mol. The summed E-state index contributed by atoms with van der Waals surface area (Å²) in [6, 6.07) is 5.85. The molecule has 0 spiro atoms. The van der Waals surface area contributed by atoms with Crippen LogP contribution in [0.5, 0.6) is 11.5 Å². The van der Waals surface area contributed by atoms with Crippen molar-refractivity contribution in [3.8, 4) is 11.5 Å². The maximum atomic E-state index is 5.75. The van der Waals surface area contributed by atoms with Gasteiger partial charge in [-0.15, -0.1) is 0 Å². The molecule has 0 fully saturated rings. The van der Waals surface area contributed by atoms with E-state index in [9.17, 15) is 0 Å². The fraction of sp³-hybridized carbons (Fsp3) is 0.409. The molecule has 0 unspecified atom stereocenters. The van der Waals surface area contributed by atoms with Crippen LogP contribution >= 0.6 is 0 Å². The first kappa shape index (κ1) is 22.2. The van der Waals surface area contributed by atoms with E-state index in [-0.39, 0.29) is 12.7 Å². The molecule has 1 aromatic carbocycles. The number of imidazole rings is 1. The first-order valence-corrected chi connectivity index (χ1v) is 10.5. The Bertz CT molecular complexity index is 1030. The van der Waals surface area contributed by atoms with E-state index < -0.39 is 0 Å². The van der Waals surface area contributed by atoms with E-state index in [0.717, 1.165) is 53.3 Å². The van der Waals surface area contributed by atoms with Crippen LogP contribution < -0.4 is 20.5 Å². The molecular formula is C22H30N6O3. The van der Waals surface area contributed by atoms with Gasteiger partial charge in [-0.05, 0) is 44.0 Å². The summed E-state index contributed by atoms with van der Waals surface area (Å²) in [6.07, 6.45) is 3.58. The molecule has 166 valence electrons.